The second kappa shape index (κ2) is 5.35. The van der Waals surface area contributed by atoms with Crippen LogP contribution in [0.3, 0.4) is 0 Å². The predicted octanol–water partition coefficient (Wildman–Crippen LogP) is 1.73. The highest BCUT2D eigenvalue weighted by atomic mass is 16.2. The van der Waals surface area contributed by atoms with E-state index in [0.717, 1.165) is 19.4 Å². The SMILES string of the molecule is CCCCCN1C(=O)C(C)NC1CC. The Morgan fingerprint density at radius 3 is 2.64 bits per heavy atom. The van der Waals surface area contributed by atoms with Crippen molar-refractivity contribution in [2.45, 2.75) is 58.7 Å². The quantitative estimate of drug-likeness (QED) is 0.682. The third-order valence-corrected chi connectivity index (χ3v) is 2.86. The number of nitrogens with zero attached hydrogens (tertiary/aromatic N) is 1. The largest absolute Gasteiger partial charge is 0.326 e. The summed E-state index contributed by atoms with van der Waals surface area (Å²) >= 11 is 0. The molecule has 3 nitrogen and oxygen atoms in total. The van der Waals surface area contributed by atoms with Gasteiger partial charge in [0.2, 0.25) is 5.91 Å². The molecule has 0 aromatic heterocycles. The van der Waals surface area contributed by atoms with Crippen molar-refractivity contribution in [3.8, 4) is 0 Å². The zero-order valence-corrected chi connectivity index (χ0v) is 9.55. The van der Waals surface area contributed by atoms with E-state index in [2.05, 4.69) is 19.2 Å². The molecule has 0 saturated carbocycles. The fourth-order valence-corrected chi connectivity index (χ4v) is 1.99. The molecule has 2 unspecified atom stereocenters. The number of hydrogen-bond donors (Lipinski definition) is 1. The Bertz CT molecular complexity index is 194. The van der Waals surface area contributed by atoms with Crippen molar-refractivity contribution in [3.05, 3.63) is 0 Å². The molecule has 1 rings (SSSR count). The maximum Gasteiger partial charge on any atom is 0.240 e. The molecule has 82 valence electrons. The Kier molecular flexibility index (Phi) is 4.39. The molecule has 0 bridgehead atoms. The maximum atomic E-state index is 11.7. The van der Waals surface area contributed by atoms with Gasteiger partial charge in [-0.05, 0) is 19.8 Å². The van der Waals surface area contributed by atoms with E-state index in [1.165, 1.54) is 12.8 Å². The van der Waals surface area contributed by atoms with E-state index in [-0.39, 0.29) is 18.1 Å². The van der Waals surface area contributed by atoms with Gasteiger partial charge in [0.25, 0.3) is 0 Å². The van der Waals surface area contributed by atoms with Crippen molar-refractivity contribution in [1.82, 2.24) is 10.2 Å². The van der Waals surface area contributed by atoms with E-state index >= 15 is 0 Å². The highest BCUT2D eigenvalue weighted by Crippen LogP contribution is 2.14. The van der Waals surface area contributed by atoms with E-state index < -0.39 is 0 Å². The number of unbranched alkanes of at least 4 members (excludes halogenated alkanes) is 2. The molecule has 14 heavy (non-hydrogen) atoms. The number of carbonyl (C=O) groups excluding carboxylic acids is 1. The van der Waals surface area contributed by atoms with Gasteiger partial charge < -0.3 is 4.90 Å². The van der Waals surface area contributed by atoms with Gasteiger partial charge in [0.1, 0.15) is 0 Å². The number of amides is 1. The molecule has 1 amide bonds. The zero-order chi connectivity index (χ0) is 10.6. The molecule has 0 aromatic carbocycles. The average Bonchev–Trinajstić information content (AvgIpc) is 2.45. The summed E-state index contributed by atoms with van der Waals surface area (Å²) in [5.41, 5.74) is 0. The van der Waals surface area contributed by atoms with Gasteiger partial charge in [-0.1, -0.05) is 26.7 Å². The smallest absolute Gasteiger partial charge is 0.240 e. The molecule has 1 heterocycles. The van der Waals surface area contributed by atoms with Crippen molar-refractivity contribution in [1.29, 1.82) is 0 Å². The van der Waals surface area contributed by atoms with Gasteiger partial charge >= 0.3 is 0 Å². The Balaban J connectivity index is 2.43. The second-order valence-corrected chi connectivity index (χ2v) is 4.05. The monoisotopic (exact) mass is 198 g/mol. The number of rotatable bonds is 5. The molecule has 1 aliphatic heterocycles. The Morgan fingerprint density at radius 2 is 2.07 bits per heavy atom. The standard InChI is InChI=1S/C11H22N2O/c1-4-6-7-8-13-10(5-2)12-9(3)11(13)14/h9-10,12H,4-8H2,1-3H3. The molecule has 1 saturated heterocycles. The lowest BCUT2D eigenvalue weighted by atomic mass is 10.2. The van der Waals surface area contributed by atoms with Crippen LogP contribution in [-0.2, 0) is 4.79 Å². The maximum absolute atomic E-state index is 11.7. The van der Waals surface area contributed by atoms with Crippen molar-refractivity contribution < 1.29 is 4.79 Å². The molecule has 0 aliphatic carbocycles. The lowest BCUT2D eigenvalue weighted by Gasteiger charge is -2.22. The van der Waals surface area contributed by atoms with Crippen LogP contribution in [0, 0.1) is 0 Å². The molecule has 1 fully saturated rings. The molecular formula is C11H22N2O. The minimum absolute atomic E-state index is 0.0153. The first-order valence-corrected chi connectivity index (χ1v) is 5.77. The Labute approximate surface area is 86.9 Å². The normalized spacial score (nSPS) is 27.4. The third kappa shape index (κ3) is 2.47. The molecular weight excluding hydrogens is 176 g/mol. The topological polar surface area (TPSA) is 32.3 Å². The first kappa shape index (κ1) is 11.5. The van der Waals surface area contributed by atoms with E-state index in [1.54, 1.807) is 0 Å². The summed E-state index contributed by atoms with van der Waals surface area (Å²) in [6, 6.07) is 0.0153. The molecule has 1 N–H and O–H groups in total. The van der Waals surface area contributed by atoms with Gasteiger partial charge in [0.15, 0.2) is 0 Å². The molecule has 0 radical (unpaired) electrons. The van der Waals surface area contributed by atoms with Crippen LogP contribution in [0.4, 0.5) is 0 Å². The lowest BCUT2D eigenvalue weighted by molar-refractivity contribution is -0.129. The van der Waals surface area contributed by atoms with Crippen LogP contribution in [0.2, 0.25) is 0 Å². The first-order chi connectivity index (χ1) is 6.70. The lowest BCUT2D eigenvalue weighted by Crippen LogP contribution is -2.37. The highest BCUT2D eigenvalue weighted by Gasteiger charge is 2.34. The minimum Gasteiger partial charge on any atom is -0.326 e. The minimum atomic E-state index is 0.0153. The van der Waals surface area contributed by atoms with E-state index in [0.29, 0.717) is 0 Å². The van der Waals surface area contributed by atoms with Crippen LogP contribution in [-0.4, -0.2) is 29.6 Å². The summed E-state index contributed by atoms with van der Waals surface area (Å²) in [6.45, 7) is 7.17. The summed E-state index contributed by atoms with van der Waals surface area (Å²) in [5, 5.41) is 3.31. The van der Waals surface area contributed by atoms with Crippen LogP contribution < -0.4 is 5.32 Å². The molecule has 2 atom stereocenters. The van der Waals surface area contributed by atoms with Crippen molar-refractivity contribution in [3.63, 3.8) is 0 Å². The summed E-state index contributed by atoms with van der Waals surface area (Å²) in [6.07, 6.45) is 4.83. The number of nitrogens with one attached hydrogen (secondary N) is 1. The predicted molar refractivity (Wildman–Crippen MR) is 57.9 cm³/mol. The first-order valence-electron chi connectivity index (χ1n) is 5.77. The number of carbonyl (C=O) groups is 1. The fraction of sp³-hybridized carbons (Fsp3) is 0.909. The van der Waals surface area contributed by atoms with Gasteiger partial charge in [-0.25, -0.2) is 0 Å². The van der Waals surface area contributed by atoms with Gasteiger partial charge in [-0.15, -0.1) is 0 Å². The van der Waals surface area contributed by atoms with Gasteiger partial charge in [0, 0.05) is 6.54 Å². The van der Waals surface area contributed by atoms with Crippen LogP contribution >= 0.6 is 0 Å². The Hall–Kier alpha value is -0.570. The summed E-state index contributed by atoms with van der Waals surface area (Å²) in [4.78, 5) is 13.7. The molecule has 3 heteroatoms. The van der Waals surface area contributed by atoms with E-state index in [1.807, 2.05) is 11.8 Å². The molecule has 1 aliphatic rings. The second-order valence-electron chi connectivity index (χ2n) is 4.05. The highest BCUT2D eigenvalue weighted by molar-refractivity contribution is 5.83. The molecule has 0 spiro atoms. The molecule has 0 aromatic rings. The van der Waals surface area contributed by atoms with E-state index in [9.17, 15) is 4.79 Å². The van der Waals surface area contributed by atoms with Gasteiger partial charge in [-0.3, -0.25) is 10.1 Å². The van der Waals surface area contributed by atoms with Gasteiger partial charge in [0.05, 0.1) is 12.2 Å². The fourth-order valence-electron chi connectivity index (χ4n) is 1.99. The number of hydrogen-bond acceptors (Lipinski definition) is 2. The van der Waals surface area contributed by atoms with Crippen molar-refractivity contribution >= 4 is 5.91 Å². The summed E-state index contributed by atoms with van der Waals surface area (Å²) < 4.78 is 0. The van der Waals surface area contributed by atoms with Gasteiger partial charge in [-0.2, -0.15) is 0 Å². The van der Waals surface area contributed by atoms with Crippen molar-refractivity contribution in [2.75, 3.05) is 6.54 Å². The van der Waals surface area contributed by atoms with Crippen LogP contribution in [0.15, 0.2) is 0 Å². The average molecular weight is 198 g/mol. The third-order valence-electron chi connectivity index (χ3n) is 2.86. The van der Waals surface area contributed by atoms with Crippen molar-refractivity contribution in [2.24, 2.45) is 0 Å². The summed E-state index contributed by atoms with van der Waals surface area (Å²) in [5.74, 6) is 0.271. The van der Waals surface area contributed by atoms with Crippen LogP contribution in [0.5, 0.6) is 0 Å². The Morgan fingerprint density at radius 1 is 1.36 bits per heavy atom. The summed E-state index contributed by atoms with van der Waals surface area (Å²) in [7, 11) is 0. The van der Waals surface area contributed by atoms with Crippen LogP contribution in [0.25, 0.3) is 0 Å². The van der Waals surface area contributed by atoms with Crippen LogP contribution in [0.1, 0.15) is 46.5 Å². The van der Waals surface area contributed by atoms with E-state index in [4.69, 9.17) is 0 Å². The zero-order valence-electron chi connectivity index (χ0n) is 9.55.